The molecular weight excluding hydrogens is 384 g/mol. The lowest BCUT2D eigenvalue weighted by Crippen LogP contribution is -2.59. The van der Waals surface area contributed by atoms with Crippen LogP contribution in [0.3, 0.4) is 0 Å². The lowest BCUT2D eigenvalue weighted by molar-refractivity contribution is -0.0734. The van der Waals surface area contributed by atoms with E-state index in [1.807, 2.05) is 31.5 Å². The fourth-order valence-electron chi connectivity index (χ4n) is 2.84. The highest BCUT2D eigenvalue weighted by molar-refractivity contribution is 9.12. The van der Waals surface area contributed by atoms with Gasteiger partial charge in [0.05, 0.1) is 19.4 Å². The van der Waals surface area contributed by atoms with Gasteiger partial charge in [-0.2, -0.15) is 5.10 Å². The predicted octanol–water partition coefficient (Wildman–Crippen LogP) is 1.28. The largest absolute Gasteiger partial charge is 0.376 e. The molecule has 1 aliphatic rings. The summed E-state index contributed by atoms with van der Waals surface area (Å²) in [5, 5.41) is 9.13. The Kier molecular flexibility index (Phi) is 4.96. The zero-order chi connectivity index (χ0) is 18.0. The van der Waals surface area contributed by atoms with E-state index in [1.165, 1.54) is 0 Å². The number of nitrogens with one attached hydrogen (secondary N) is 2. The number of aryl methyl sites for hydroxylation is 1. The first kappa shape index (κ1) is 17.7. The molecule has 0 unspecified atom stereocenters. The molecule has 7 heteroatoms. The Bertz CT molecular complexity index is 921. The summed E-state index contributed by atoms with van der Waals surface area (Å²) < 4.78 is 7.84. The fourth-order valence-corrected chi connectivity index (χ4v) is 3.09. The van der Waals surface area contributed by atoms with Crippen LogP contribution in [0.1, 0.15) is 29.4 Å². The van der Waals surface area contributed by atoms with E-state index in [-0.39, 0.29) is 5.91 Å². The summed E-state index contributed by atoms with van der Waals surface area (Å²) in [6.07, 6.45) is 8.47. The van der Waals surface area contributed by atoms with Crippen LogP contribution in [0, 0.1) is 0 Å². The molecular formula is C18H21BrN4O2. The summed E-state index contributed by atoms with van der Waals surface area (Å²) in [5.74, 6) is -0.169. The highest BCUT2D eigenvalue weighted by Crippen LogP contribution is 2.29. The second-order valence-electron chi connectivity index (χ2n) is 6.19. The minimum absolute atomic E-state index is 0.169. The van der Waals surface area contributed by atoms with Gasteiger partial charge in [0.25, 0.3) is 5.91 Å². The molecule has 0 spiro atoms. The number of hydrogen-bond acceptors (Lipinski definition) is 3. The van der Waals surface area contributed by atoms with E-state index in [0.29, 0.717) is 18.9 Å². The molecule has 25 heavy (non-hydrogen) atoms. The molecule has 2 aromatic rings. The van der Waals surface area contributed by atoms with E-state index in [9.17, 15) is 4.79 Å². The van der Waals surface area contributed by atoms with Gasteiger partial charge in [-0.1, -0.05) is 35.5 Å². The summed E-state index contributed by atoms with van der Waals surface area (Å²) in [7, 11) is 1.85. The number of aromatic amines is 1. The number of aromatic nitrogens is 3. The first-order chi connectivity index (χ1) is 11.9. The van der Waals surface area contributed by atoms with Gasteiger partial charge in [-0.3, -0.25) is 9.48 Å². The first-order valence-corrected chi connectivity index (χ1v) is 8.87. The molecule has 3 rings (SSSR count). The Morgan fingerprint density at radius 2 is 2.36 bits per heavy atom. The molecule has 0 aliphatic carbocycles. The van der Waals surface area contributed by atoms with Crippen molar-refractivity contribution in [2.45, 2.75) is 18.9 Å². The molecule has 2 N–H and O–H groups in total. The van der Waals surface area contributed by atoms with Crippen molar-refractivity contribution in [2.75, 3.05) is 13.2 Å². The van der Waals surface area contributed by atoms with Gasteiger partial charge in [0, 0.05) is 33.9 Å². The fraction of sp³-hybridized carbons (Fsp3) is 0.333. The molecule has 0 bridgehead atoms. The number of H-pyrrole nitrogens is 1. The number of halogens is 1. The van der Waals surface area contributed by atoms with Gasteiger partial charge in [0.15, 0.2) is 0 Å². The molecule has 1 amide bonds. The van der Waals surface area contributed by atoms with Crippen molar-refractivity contribution in [2.24, 2.45) is 7.05 Å². The van der Waals surface area contributed by atoms with Gasteiger partial charge in [0.1, 0.15) is 11.2 Å². The van der Waals surface area contributed by atoms with Crippen LogP contribution in [0.2, 0.25) is 0 Å². The number of allylic oxidation sites excluding steroid dienone is 1. The lowest BCUT2D eigenvalue weighted by atomic mass is 9.90. The maximum atomic E-state index is 12.8. The van der Waals surface area contributed by atoms with Gasteiger partial charge in [0.2, 0.25) is 0 Å². The van der Waals surface area contributed by atoms with Crippen molar-refractivity contribution in [1.29, 1.82) is 0 Å². The third-order valence-electron chi connectivity index (χ3n) is 4.15. The topological polar surface area (TPSA) is 71.9 Å². The van der Waals surface area contributed by atoms with Crippen LogP contribution in [0.5, 0.6) is 0 Å². The average Bonchev–Trinajstić information content (AvgIpc) is 3.10. The maximum Gasteiger partial charge on any atom is 0.268 e. The third-order valence-corrected chi connectivity index (χ3v) is 4.38. The van der Waals surface area contributed by atoms with Crippen LogP contribution in [-0.2, 0) is 17.3 Å². The Morgan fingerprint density at radius 3 is 2.88 bits per heavy atom. The van der Waals surface area contributed by atoms with Crippen LogP contribution in [-0.4, -0.2) is 33.9 Å². The van der Waals surface area contributed by atoms with E-state index in [1.54, 1.807) is 10.9 Å². The predicted molar refractivity (Wildman–Crippen MR) is 101 cm³/mol. The second kappa shape index (κ2) is 7.01. The molecule has 132 valence electrons. The van der Waals surface area contributed by atoms with Crippen LogP contribution < -0.4 is 15.9 Å². The molecule has 0 saturated carbocycles. The highest BCUT2D eigenvalue weighted by Gasteiger charge is 2.43. The Hall–Kier alpha value is -2.12. The van der Waals surface area contributed by atoms with Crippen molar-refractivity contribution in [3.8, 4) is 0 Å². The normalized spacial score (nSPS) is 17.4. The number of ether oxygens (including phenoxy) is 1. The summed E-state index contributed by atoms with van der Waals surface area (Å²) in [6.45, 7) is 6.77. The van der Waals surface area contributed by atoms with Gasteiger partial charge in [-0.25, -0.2) is 0 Å². The number of carbonyl (C=O) groups is 1. The SMILES string of the molecule is C=C(Br)C=c1cc(C(=O)NC2(c3cnn(C)c3)COC2)[nH]c1=CCC. The van der Waals surface area contributed by atoms with E-state index in [2.05, 4.69) is 44.8 Å². The van der Waals surface area contributed by atoms with Crippen LogP contribution in [0.25, 0.3) is 12.2 Å². The molecule has 6 nitrogen and oxygen atoms in total. The van der Waals surface area contributed by atoms with Gasteiger partial charge in [-0.15, -0.1) is 0 Å². The number of carbonyl (C=O) groups excluding carboxylic acids is 1. The molecule has 0 atom stereocenters. The molecule has 2 aromatic heterocycles. The van der Waals surface area contributed by atoms with Crippen molar-refractivity contribution in [3.63, 3.8) is 0 Å². The molecule has 1 saturated heterocycles. The summed E-state index contributed by atoms with van der Waals surface area (Å²) in [6, 6.07) is 1.83. The molecule has 0 aromatic carbocycles. The highest BCUT2D eigenvalue weighted by atomic mass is 79.9. The monoisotopic (exact) mass is 404 g/mol. The van der Waals surface area contributed by atoms with Crippen molar-refractivity contribution >= 4 is 34.0 Å². The summed E-state index contributed by atoms with van der Waals surface area (Å²) >= 11 is 3.34. The van der Waals surface area contributed by atoms with E-state index >= 15 is 0 Å². The second-order valence-corrected chi connectivity index (χ2v) is 7.21. The maximum absolute atomic E-state index is 12.8. The average molecular weight is 405 g/mol. The van der Waals surface area contributed by atoms with Crippen molar-refractivity contribution < 1.29 is 9.53 Å². The first-order valence-electron chi connectivity index (χ1n) is 8.08. The third kappa shape index (κ3) is 3.62. The van der Waals surface area contributed by atoms with Crippen molar-refractivity contribution in [3.05, 3.63) is 51.3 Å². The van der Waals surface area contributed by atoms with E-state index in [0.717, 1.165) is 27.0 Å². The zero-order valence-corrected chi connectivity index (χ0v) is 15.9. The number of hydrogen-bond donors (Lipinski definition) is 2. The van der Waals surface area contributed by atoms with Crippen LogP contribution >= 0.6 is 15.9 Å². The minimum Gasteiger partial charge on any atom is -0.376 e. The Labute approximate surface area is 154 Å². The molecule has 1 aliphatic heterocycles. The minimum atomic E-state index is -0.520. The zero-order valence-electron chi connectivity index (χ0n) is 14.3. The molecule has 0 radical (unpaired) electrons. The van der Waals surface area contributed by atoms with Gasteiger partial charge < -0.3 is 15.0 Å². The quantitative estimate of drug-likeness (QED) is 0.788. The summed E-state index contributed by atoms with van der Waals surface area (Å²) in [5.41, 5.74) is 0.936. The Morgan fingerprint density at radius 1 is 1.60 bits per heavy atom. The Balaban J connectivity index is 1.91. The van der Waals surface area contributed by atoms with Crippen LogP contribution in [0.4, 0.5) is 0 Å². The number of nitrogens with zero attached hydrogens (tertiary/aromatic N) is 2. The van der Waals surface area contributed by atoms with Crippen molar-refractivity contribution in [1.82, 2.24) is 20.1 Å². The van der Waals surface area contributed by atoms with E-state index in [4.69, 9.17) is 4.74 Å². The standard InChI is InChI=1S/C18H21BrN4O2/c1-4-5-15-13(6-12(2)19)7-16(21-15)17(24)22-18(10-25-11-18)14-8-20-23(3)9-14/h5-9,21H,2,4,10-11H2,1,3H3,(H,22,24). The smallest absolute Gasteiger partial charge is 0.268 e. The van der Waals surface area contributed by atoms with Gasteiger partial charge >= 0.3 is 0 Å². The lowest BCUT2D eigenvalue weighted by Gasteiger charge is -2.41. The number of amides is 1. The van der Waals surface area contributed by atoms with Crippen LogP contribution in [0.15, 0.2) is 29.5 Å². The summed E-state index contributed by atoms with van der Waals surface area (Å²) in [4.78, 5) is 16.0. The molecule has 1 fully saturated rings. The molecule has 3 heterocycles. The number of rotatable bonds is 5. The van der Waals surface area contributed by atoms with E-state index < -0.39 is 5.54 Å². The van der Waals surface area contributed by atoms with Gasteiger partial charge in [-0.05, 0) is 18.6 Å².